The molecule has 1 aromatic heterocycles. The Morgan fingerprint density at radius 1 is 1.04 bits per heavy atom. The van der Waals surface area contributed by atoms with Crippen molar-refractivity contribution in [3.05, 3.63) is 72.8 Å². The molecule has 2 aromatic carbocycles. The van der Waals surface area contributed by atoms with Gasteiger partial charge in [-0.15, -0.1) is 10.2 Å². The van der Waals surface area contributed by atoms with Crippen LogP contribution in [0.25, 0.3) is 5.69 Å². The van der Waals surface area contributed by atoms with Crippen LogP contribution in [0.3, 0.4) is 0 Å². The van der Waals surface area contributed by atoms with E-state index in [2.05, 4.69) is 25.8 Å². The number of nitrogens with one attached hydrogen (secondary N) is 2. The molecule has 7 heteroatoms. The van der Waals surface area contributed by atoms with Crippen molar-refractivity contribution in [2.24, 2.45) is 4.99 Å². The number of hydrogen-bond donors (Lipinski definition) is 2. The number of aliphatic imine (C=N–C) groups is 1. The minimum Gasteiger partial charge on any atom is -0.492 e. The highest BCUT2D eigenvalue weighted by molar-refractivity contribution is 5.79. The molecular weight excluding hydrogens is 340 g/mol. The summed E-state index contributed by atoms with van der Waals surface area (Å²) in [4.78, 5) is 4.60. The maximum absolute atomic E-state index is 5.69. The Balaban J connectivity index is 1.56. The van der Waals surface area contributed by atoms with Gasteiger partial charge in [-0.25, -0.2) is 4.99 Å². The van der Waals surface area contributed by atoms with Crippen LogP contribution in [-0.2, 0) is 6.54 Å². The molecule has 0 saturated heterocycles. The Kier molecular flexibility index (Phi) is 6.80. The van der Waals surface area contributed by atoms with E-state index < -0.39 is 0 Å². The number of nitrogens with zero attached hydrogens (tertiary/aromatic N) is 4. The van der Waals surface area contributed by atoms with Crippen LogP contribution < -0.4 is 15.4 Å². The van der Waals surface area contributed by atoms with E-state index in [1.807, 2.05) is 72.2 Å². The maximum Gasteiger partial charge on any atom is 0.191 e. The number of benzene rings is 2. The average molecular weight is 364 g/mol. The van der Waals surface area contributed by atoms with Gasteiger partial charge in [0.25, 0.3) is 0 Å². The molecule has 27 heavy (non-hydrogen) atoms. The van der Waals surface area contributed by atoms with E-state index in [0.717, 1.165) is 29.8 Å². The van der Waals surface area contributed by atoms with Gasteiger partial charge >= 0.3 is 0 Å². The molecule has 1 heterocycles. The topological polar surface area (TPSA) is 76.4 Å². The zero-order valence-corrected chi connectivity index (χ0v) is 15.4. The van der Waals surface area contributed by atoms with Gasteiger partial charge in [-0.3, -0.25) is 4.57 Å². The number of aromatic nitrogens is 3. The number of rotatable bonds is 8. The lowest BCUT2D eigenvalue weighted by Gasteiger charge is -2.12. The van der Waals surface area contributed by atoms with Crippen molar-refractivity contribution < 1.29 is 4.74 Å². The van der Waals surface area contributed by atoms with E-state index in [9.17, 15) is 0 Å². The lowest BCUT2D eigenvalue weighted by atomic mass is 10.3. The SMILES string of the molecule is CCNC(=NCc1nncn1-c1ccccc1)NCCOc1ccccc1. The van der Waals surface area contributed by atoms with Crippen LogP contribution in [0.15, 0.2) is 72.0 Å². The summed E-state index contributed by atoms with van der Waals surface area (Å²) in [5, 5.41) is 14.7. The zero-order valence-electron chi connectivity index (χ0n) is 15.4. The first-order valence-electron chi connectivity index (χ1n) is 9.01. The number of guanidine groups is 1. The van der Waals surface area contributed by atoms with E-state index >= 15 is 0 Å². The van der Waals surface area contributed by atoms with Crippen LogP contribution in [0.4, 0.5) is 0 Å². The van der Waals surface area contributed by atoms with Crippen molar-refractivity contribution >= 4 is 5.96 Å². The summed E-state index contributed by atoms with van der Waals surface area (Å²) in [6.45, 7) is 4.42. The van der Waals surface area contributed by atoms with Gasteiger partial charge in [0.1, 0.15) is 25.2 Å². The molecule has 7 nitrogen and oxygen atoms in total. The predicted molar refractivity (Wildman–Crippen MR) is 106 cm³/mol. The second kappa shape index (κ2) is 9.96. The van der Waals surface area contributed by atoms with Crippen molar-refractivity contribution in [3.8, 4) is 11.4 Å². The summed E-state index contributed by atoms with van der Waals surface area (Å²) in [6.07, 6.45) is 1.70. The molecule has 0 atom stereocenters. The standard InChI is InChI=1S/C20H24N6O/c1-2-21-20(22-13-14-27-18-11-7-4-8-12-18)23-15-19-25-24-16-26(19)17-9-5-3-6-10-17/h3-12,16H,2,13-15H2,1H3,(H2,21,22,23). The van der Waals surface area contributed by atoms with Gasteiger partial charge in [0.05, 0.1) is 6.54 Å². The molecule has 3 aromatic rings. The fraction of sp³-hybridized carbons (Fsp3) is 0.250. The first-order valence-corrected chi connectivity index (χ1v) is 9.01. The summed E-state index contributed by atoms with van der Waals surface area (Å²) in [5.74, 6) is 2.35. The lowest BCUT2D eigenvalue weighted by molar-refractivity contribution is 0.322. The quantitative estimate of drug-likeness (QED) is 0.365. The highest BCUT2D eigenvalue weighted by Gasteiger charge is 2.06. The van der Waals surface area contributed by atoms with Crippen molar-refractivity contribution in [1.82, 2.24) is 25.4 Å². The molecule has 0 aliphatic heterocycles. The molecule has 0 amide bonds. The molecule has 140 valence electrons. The minimum atomic E-state index is 0.420. The lowest BCUT2D eigenvalue weighted by Crippen LogP contribution is -2.39. The van der Waals surface area contributed by atoms with Crippen LogP contribution >= 0.6 is 0 Å². The second-order valence-electron chi connectivity index (χ2n) is 5.74. The van der Waals surface area contributed by atoms with Crippen molar-refractivity contribution in [2.75, 3.05) is 19.7 Å². The average Bonchev–Trinajstić information content (AvgIpc) is 3.19. The monoisotopic (exact) mass is 364 g/mol. The molecule has 0 spiro atoms. The maximum atomic E-state index is 5.69. The van der Waals surface area contributed by atoms with E-state index in [1.54, 1.807) is 6.33 Å². The van der Waals surface area contributed by atoms with Crippen LogP contribution in [0, 0.1) is 0 Å². The van der Waals surface area contributed by atoms with Crippen molar-refractivity contribution in [1.29, 1.82) is 0 Å². The number of hydrogen-bond acceptors (Lipinski definition) is 4. The Morgan fingerprint density at radius 2 is 1.78 bits per heavy atom. The third-order valence-corrected chi connectivity index (χ3v) is 3.78. The number of ether oxygens (including phenoxy) is 1. The molecule has 0 unspecified atom stereocenters. The van der Waals surface area contributed by atoms with Gasteiger partial charge in [-0.1, -0.05) is 36.4 Å². The minimum absolute atomic E-state index is 0.420. The molecular formula is C20H24N6O. The Labute approximate surface area is 159 Å². The van der Waals surface area contributed by atoms with Gasteiger partial charge in [0, 0.05) is 12.2 Å². The van der Waals surface area contributed by atoms with E-state index in [0.29, 0.717) is 19.7 Å². The highest BCUT2D eigenvalue weighted by atomic mass is 16.5. The van der Waals surface area contributed by atoms with Crippen LogP contribution in [0.5, 0.6) is 5.75 Å². The zero-order chi connectivity index (χ0) is 18.7. The van der Waals surface area contributed by atoms with Crippen LogP contribution in [-0.4, -0.2) is 40.4 Å². The summed E-state index contributed by atoms with van der Waals surface area (Å²) in [5.41, 5.74) is 1.02. The van der Waals surface area contributed by atoms with Crippen LogP contribution in [0.1, 0.15) is 12.7 Å². The van der Waals surface area contributed by atoms with E-state index in [4.69, 9.17) is 4.74 Å². The van der Waals surface area contributed by atoms with Gasteiger partial charge in [-0.2, -0.15) is 0 Å². The summed E-state index contributed by atoms with van der Waals surface area (Å²) in [6, 6.07) is 19.7. The Hall–Kier alpha value is -3.35. The van der Waals surface area contributed by atoms with Gasteiger partial charge < -0.3 is 15.4 Å². The molecule has 2 N–H and O–H groups in total. The first-order chi connectivity index (χ1) is 13.4. The normalized spacial score (nSPS) is 11.2. The Morgan fingerprint density at radius 3 is 2.52 bits per heavy atom. The molecule has 0 aliphatic carbocycles. The van der Waals surface area contributed by atoms with E-state index in [-0.39, 0.29) is 0 Å². The van der Waals surface area contributed by atoms with Gasteiger partial charge in [0.15, 0.2) is 11.8 Å². The summed E-state index contributed by atoms with van der Waals surface area (Å²) < 4.78 is 7.63. The smallest absolute Gasteiger partial charge is 0.191 e. The summed E-state index contributed by atoms with van der Waals surface area (Å²) in [7, 11) is 0. The highest BCUT2D eigenvalue weighted by Crippen LogP contribution is 2.09. The Bertz CT molecular complexity index is 832. The largest absolute Gasteiger partial charge is 0.492 e. The number of para-hydroxylation sites is 2. The van der Waals surface area contributed by atoms with E-state index in [1.165, 1.54) is 0 Å². The molecule has 3 rings (SSSR count). The molecule has 0 aliphatic rings. The van der Waals surface area contributed by atoms with Gasteiger partial charge in [0.2, 0.25) is 0 Å². The van der Waals surface area contributed by atoms with Crippen molar-refractivity contribution in [2.45, 2.75) is 13.5 Å². The van der Waals surface area contributed by atoms with Crippen LogP contribution in [0.2, 0.25) is 0 Å². The first kappa shape index (κ1) is 18.4. The second-order valence-corrected chi connectivity index (χ2v) is 5.74. The third-order valence-electron chi connectivity index (χ3n) is 3.78. The van der Waals surface area contributed by atoms with Crippen molar-refractivity contribution in [3.63, 3.8) is 0 Å². The predicted octanol–water partition coefficient (Wildman–Crippen LogP) is 2.40. The molecule has 0 saturated carbocycles. The fourth-order valence-electron chi connectivity index (χ4n) is 2.52. The summed E-state index contributed by atoms with van der Waals surface area (Å²) >= 11 is 0. The third kappa shape index (κ3) is 5.57. The molecule has 0 radical (unpaired) electrons. The fourth-order valence-corrected chi connectivity index (χ4v) is 2.52. The molecule has 0 bridgehead atoms. The van der Waals surface area contributed by atoms with Gasteiger partial charge in [-0.05, 0) is 31.2 Å². The molecule has 0 fully saturated rings.